The molecule has 29 heavy (non-hydrogen) atoms. The van der Waals surface area contributed by atoms with Crippen LogP contribution < -0.4 is 10.2 Å². The van der Waals surface area contributed by atoms with Crippen LogP contribution in [0.3, 0.4) is 0 Å². The molecule has 1 aromatic rings. The summed E-state index contributed by atoms with van der Waals surface area (Å²) in [5.41, 5.74) is 1.13. The molecule has 2 aliphatic carbocycles. The molecule has 2 heterocycles. The molecule has 2 saturated heterocycles. The van der Waals surface area contributed by atoms with Gasteiger partial charge in [0.25, 0.3) is 0 Å². The Morgan fingerprint density at radius 3 is 2.55 bits per heavy atom. The third-order valence-corrected chi connectivity index (χ3v) is 6.54. The highest BCUT2D eigenvalue weighted by Crippen LogP contribution is 2.59. The van der Waals surface area contributed by atoms with Gasteiger partial charge < -0.3 is 15.0 Å². The Morgan fingerprint density at radius 2 is 1.93 bits per heavy atom. The van der Waals surface area contributed by atoms with Gasteiger partial charge in [0.15, 0.2) is 0 Å². The molecular weight excluding hydrogens is 377 g/mol. The molecule has 2 saturated carbocycles. The maximum Gasteiger partial charge on any atom is 0.414 e. The molecule has 0 radical (unpaired) electrons. The maximum absolute atomic E-state index is 14.9. The van der Waals surface area contributed by atoms with Gasteiger partial charge in [0, 0.05) is 25.9 Å². The minimum absolute atomic E-state index is 0.158. The first-order chi connectivity index (χ1) is 13.9. The van der Waals surface area contributed by atoms with Crippen LogP contribution in [0.25, 0.3) is 0 Å². The number of benzene rings is 1. The summed E-state index contributed by atoms with van der Waals surface area (Å²) < 4.78 is 20.1. The molecule has 1 aromatic carbocycles. The van der Waals surface area contributed by atoms with Crippen LogP contribution in [-0.2, 0) is 14.3 Å². The molecule has 154 valence electrons. The van der Waals surface area contributed by atoms with E-state index in [2.05, 4.69) is 5.32 Å². The van der Waals surface area contributed by atoms with Gasteiger partial charge >= 0.3 is 6.09 Å². The average Bonchev–Trinajstić information content (AvgIpc) is 3.56. The molecule has 4 fully saturated rings. The van der Waals surface area contributed by atoms with Gasteiger partial charge in [-0.15, -0.1) is 0 Å². The first kappa shape index (κ1) is 18.4. The lowest BCUT2D eigenvalue weighted by molar-refractivity contribution is -0.132. The molecule has 7 nitrogen and oxygen atoms in total. The van der Waals surface area contributed by atoms with Crippen molar-refractivity contribution in [2.75, 3.05) is 31.1 Å². The highest BCUT2D eigenvalue weighted by molar-refractivity contribution is 5.90. The second-order valence-electron chi connectivity index (χ2n) is 8.63. The lowest BCUT2D eigenvalue weighted by atomic mass is 10.0. The Hall–Kier alpha value is -2.64. The molecule has 8 heteroatoms. The Balaban J connectivity index is 1.22. The van der Waals surface area contributed by atoms with Crippen molar-refractivity contribution in [2.45, 2.75) is 31.8 Å². The van der Waals surface area contributed by atoms with Crippen molar-refractivity contribution in [1.29, 1.82) is 0 Å². The number of hydrogen-bond donors (Lipinski definition) is 1. The molecule has 5 rings (SSSR count). The zero-order valence-electron chi connectivity index (χ0n) is 16.3. The SMILES string of the molecule is CC(=O)NC[C@H]1CN(c2ccc(C3[C@H]4CN(C(=O)C5CC5)C[C@@H]34)c(F)c2)C(=O)O1. The Kier molecular flexibility index (Phi) is 4.26. The normalized spacial score (nSPS) is 30.2. The largest absolute Gasteiger partial charge is 0.442 e. The number of anilines is 1. The summed E-state index contributed by atoms with van der Waals surface area (Å²) in [5, 5.41) is 2.62. The number of halogens is 1. The standard InChI is InChI=1S/C21H24FN3O4/c1-11(26)23-7-14-8-25(21(28)29-14)13-4-5-15(18(22)6-13)19-16-9-24(10-17(16)19)20(27)12-2-3-12/h4-6,12,14,16-17,19H,2-3,7-10H2,1H3,(H,23,26)/t14-,16-,17+,19?/m0/s1. The van der Waals surface area contributed by atoms with Gasteiger partial charge in [0.1, 0.15) is 11.9 Å². The van der Waals surface area contributed by atoms with E-state index in [1.807, 2.05) is 4.90 Å². The van der Waals surface area contributed by atoms with E-state index in [1.165, 1.54) is 17.9 Å². The Morgan fingerprint density at radius 1 is 1.21 bits per heavy atom. The minimum Gasteiger partial charge on any atom is -0.442 e. The minimum atomic E-state index is -0.537. The van der Waals surface area contributed by atoms with E-state index in [9.17, 15) is 18.8 Å². The van der Waals surface area contributed by atoms with Gasteiger partial charge in [-0.3, -0.25) is 14.5 Å². The van der Waals surface area contributed by atoms with Crippen LogP contribution in [0.15, 0.2) is 18.2 Å². The molecule has 0 bridgehead atoms. The molecule has 0 spiro atoms. The van der Waals surface area contributed by atoms with Gasteiger partial charge in [-0.05, 0) is 48.3 Å². The van der Waals surface area contributed by atoms with E-state index in [-0.39, 0.29) is 42.6 Å². The lowest BCUT2D eigenvalue weighted by Crippen LogP contribution is -2.33. The van der Waals surface area contributed by atoms with Crippen LogP contribution >= 0.6 is 0 Å². The van der Waals surface area contributed by atoms with Gasteiger partial charge in [-0.25, -0.2) is 9.18 Å². The number of carbonyl (C=O) groups excluding carboxylic acids is 3. The van der Waals surface area contributed by atoms with Crippen molar-refractivity contribution in [3.05, 3.63) is 29.6 Å². The number of piperidine rings is 1. The number of fused-ring (bicyclic) bond motifs is 1. The maximum atomic E-state index is 14.9. The van der Waals surface area contributed by atoms with Crippen molar-refractivity contribution in [2.24, 2.45) is 17.8 Å². The number of nitrogens with zero attached hydrogens (tertiary/aromatic N) is 2. The van der Waals surface area contributed by atoms with E-state index >= 15 is 0 Å². The smallest absolute Gasteiger partial charge is 0.414 e. The highest BCUT2D eigenvalue weighted by atomic mass is 19.1. The van der Waals surface area contributed by atoms with E-state index in [1.54, 1.807) is 12.1 Å². The molecule has 2 aliphatic heterocycles. The van der Waals surface area contributed by atoms with Gasteiger partial charge in [-0.2, -0.15) is 0 Å². The molecule has 1 unspecified atom stereocenters. The van der Waals surface area contributed by atoms with Crippen LogP contribution in [0.2, 0.25) is 0 Å². The third-order valence-electron chi connectivity index (χ3n) is 6.54. The molecule has 0 aromatic heterocycles. The quantitative estimate of drug-likeness (QED) is 0.817. The summed E-state index contributed by atoms with van der Waals surface area (Å²) in [6.07, 6.45) is 1.03. The first-order valence-corrected chi connectivity index (χ1v) is 10.2. The number of cyclic esters (lactones) is 1. The van der Waals surface area contributed by atoms with E-state index < -0.39 is 12.2 Å². The second-order valence-corrected chi connectivity index (χ2v) is 8.63. The summed E-state index contributed by atoms with van der Waals surface area (Å²) in [7, 11) is 0. The van der Waals surface area contributed by atoms with Crippen LogP contribution in [-0.4, -0.2) is 55.1 Å². The molecule has 1 N–H and O–H groups in total. The monoisotopic (exact) mass is 401 g/mol. The summed E-state index contributed by atoms with van der Waals surface area (Å²) >= 11 is 0. The Labute approximate surface area is 168 Å². The molecule has 4 atom stereocenters. The third kappa shape index (κ3) is 3.34. The van der Waals surface area contributed by atoms with Crippen LogP contribution in [0.4, 0.5) is 14.9 Å². The fraction of sp³-hybridized carbons (Fsp3) is 0.571. The Bertz CT molecular complexity index is 875. The van der Waals surface area contributed by atoms with Crippen molar-refractivity contribution in [3.63, 3.8) is 0 Å². The number of likely N-dealkylation sites (tertiary alicyclic amines) is 1. The van der Waals surface area contributed by atoms with Crippen LogP contribution in [0, 0.1) is 23.6 Å². The fourth-order valence-electron chi connectivity index (χ4n) is 4.81. The predicted octanol–water partition coefficient (Wildman–Crippen LogP) is 1.87. The summed E-state index contributed by atoms with van der Waals surface area (Å²) in [4.78, 5) is 38.7. The van der Waals surface area contributed by atoms with E-state index in [0.29, 0.717) is 23.1 Å². The zero-order chi connectivity index (χ0) is 20.3. The number of nitrogens with one attached hydrogen (secondary N) is 1. The summed E-state index contributed by atoms with van der Waals surface area (Å²) in [5.74, 6) is 0.839. The van der Waals surface area contributed by atoms with E-state index in [4.69, 9.17) is 4.74 Å². The lowest BCUT2D eigenvalue weighted by Gasteiger charge is -2.20. The van der Waals surface area contributed by atoms with Crippen molar-refractivity contribution < 1.29 is 23.5 Å². The second kappa shape index (κ2) is 6.71. The van der Waals surface area contributed by atoms with Crippen LogP contribution in [0.5, 0.6) is 0 Å². The molecular formula is C21H24FN3O4. The summed E-state index contributed by atoms with van der Waals surface area (Å²) in [6.45, 7) is 3.37. The predicted molar refractivity (Wildman–Crippen MR) is 102 cm³/mol. The highest BCUT2D eigenvalue weighted by Gasteiger charge is 2.58. The molecule has 3 amide bonds. The van der Waals surface area contributed by atoms with Crippen molar-refractivity contribution >= 4 is 23.6 Å². The van der Waals surface area contributed by atoms with Gasteiger partial charge in [0.05, 0.1) is 18.8 Å². The number of ether oxygens (including phenoxy) is 1. The first-order valence-electron chi connectivity index (χ1n) is 10.2. The van der Waals surface area contributed by atoms with Crippen molar-refractivity contribution in [3.8, 4) is 0 Å². The topological polar surface area (TPSA) is 79.0 Å². The number of amides is 3. The number of carbonyl (C=O) groups is 3. The van der Waals surface area contributed by atoms with Crippen molar-refractivity contribution in [1.82, 2.24) is 10.2 Å². The average molecular weight is 401 g/mol. The van der Waals surface area contributed by atoms with E-state index in [0.717, 1.165) is 25.9 Å². The zero-order valence-corrected chi connectivity index (χ0v) is 16.3. The number of rotatable bonds is 5. The van der Waals surface area contributed by atoms with Gasteiger partial charge in [0.2, 0.25) is 11.8 Å². The van der Waals surface area contributed by atoms with Crippen LogP contribution in [0.1, 0.15) is 31.2 Å². The summed E-state index contributed by atoms with van der Waals surface area (Å²) in [6, 6.07) is 4.90. The van der Waals surface area contributed by atoms with Gasteiger partial charge in [-0.1, -0.05) is 6.07 Å². The molecule has 4 aliphatic rings. The fourth-order valence-corrected chi connectivity index (χ4v) is 4.81. The number of hydrogen-bond acceptors (Lipinski definition) is 4.